The van der Waals surface area contributed by atoms with Gasteiger partial charge in [-0.25, -0.2) is 0 Å². The largest absolute Gasteiger partial charge is 0.381 e. The first-order valence-electron chi connectivity index (χ1n) is 7.21. The van der Waals surface area contributed by atoms with Crippen molar-refractivity contribution in [3.8, 4) is 0 Å². The van der Waals surface area contributed by atoms with Gasteiger partial charge in [-0.3, -0.25) is 0 Å². The molecule has 0 radical (unpaired) electrons. The fourth-order valence-electron chi connectivity index (χ4n) is 2.78. The zero-order chi connectivity index (χ0) is 13.4. The van der Waals surface area contributed by atoms with Crippen LogP contribution in [0.15, 0.2) is 0 Å². The second-order valence-electron chi connectivity index (χ2n) is 5.86. The Morgan fingerprint density at radius 1 is 1.28 bits per heavy atom. The maximum atomic E-state index is 5.63. The highest BCUT2D eigenvalue weighted by Gasteiger charge is 2.35. The summed E-state index contributed by atoms with van der Waals surface area (Å²) in [6, 6.07) is 0. The SMILES string of the molecule is CCN(CCCN(C)C)CC1(CNC)CCOC1. The normalized spacial score (nSPS) is 24.3. The molecular formula is C14H31N3O. The van der Waals surface area contributed by atoms with Gasteiger partial charge in [0.15, 0.2) is 0 Å². The minimum absolute atomic E-state index is 0.336. The fourth-order valence-corrected chi connectivity index (χ4v) is 2.78. The molecule has 1 heterocycles. The van der Waals surface area contributed by atoms with Gasteiger partial charge >= 0.3 is 0 Å². The Bertz CT molecular complexity index is 215. The van der Waals surface area contributed by atoms with Crippen LogP contribution >= 0.6 is 0 Å². The third kappa shape index (κ3) is 5.22. The number of rotatable bonds is 9. The van der Waals surface area contributed by atoms with Crippen LogP contribution < -0.4 is 5.32 Å². The molecule has 4 heteroatoms. The third-order valence-corrected chi connectivity index (χ3v) is 3.82. The lowest BCUT2D eigenvalue weighted by Crippen LogP contribution is -2.44. The second kappa shape index (κ2) is 8.10. The van der Waals surface area contributed by atoms with E-state index < -0.39 is 0 Å². The predicted molar refractivity (Wildman–Crippen MR) is 77.1 cm³/mol. The van der Waals surface area contributed by atoms with Gasteiger partial charge in [0.25, 0.3) is 0 Å². The first kappa shape index (κ1) is 15.9. The Labute approximate surface area is 113 Å². The van der Waals surface area contributed by atoms with E-state index in [2.05, 4.69) is 36.1 Å². The van der Waals surface area contributed by atoms with E-state index in [0.29, 0.717) is 5.41 Å². The quantitative estimate of drug-likeness (QED) is 0.664. The van der Waals surface area contributed by atoms with Crippen molar-refractivity contribution in [3.63, 3.8) is 0 Å². The zero-order valence-electron chi connectivity index (χ0n) is 12.7. The summed E-state index contributed by atoms with van der Waals surface area (Å²) in [5.74, 6) is 0. The summed E-state index contributed by atoms with van der Waals surface area (Å²) in [6.07, 6.45) is 2.44. The van der Waals surface area contributed by atoms with Crippen LogP contribution in [0.3, 0.4) is 0 Å². The van der Waals surface area contributed by atoms with E-state index >= 15 is 0 Å². The Kier molecular flexibility index (Phi) is 7.15. The lowest BCUT2D eigenvalue weighted by Gasteiger charge is -2.34. The van der Waals surface area contributed by atoms with Gasteiger partial charge in [0, 0.05) is 25.1 Å². The summed E-state index contributed by atoms with van der Waals surface area (Å²) < 4.78 is 5.63. The number of nitrogens with zero attached hydrogens (tertiary/aromatic N) is 2. The molecule has 1 fully saturated rings. The topological polar surface area (TPSA) is 27.7 Å². The fraction of sp³-hybridized carbons (Fsp3) is 1.00. The predicted octanol–water partition coefficient (Wildman–Crippen LogP) is 0.886. The van der Waals surface area contributed by atoms with Gasteiger partial charge in [0.05, 0.1) is 6.61 Å². The van der Waals surface area contributed by atoms with Gasteiger partial charge in [-0.05, 0) is 53.6 Å². The summed E-state index contributed by atoms with van der Waals surface area (Å²) in [5.41, 5.74) is 0.336. The van der Waals surface area contributed by atoms with Crippen molar-refractivity contribution in [2.75, 3.05) is 67.1 Å². The molecular weight excluding hydrogens is 226 g/mol. The van der Waals surface area contributed by atoms with Gasteiger partial charge < -0.3 is 19.9 Å². The van der Waals surface area contributed by atoms with Crippen LogP contribution in [-0.4, -0.2) is 76.9 Å². The summed E-state index contributed by atoms with van der Waals surface area (Å²) in [6.45, 7) is 9.84. The molecule has 0 spiro atoms. The highest BCUT2D eigenvalue weighted by atomic mass is 16.5. The van der Waals surface area contributed by atoms with Crippen LogP contribution in [0.25, 0.3) is 0 Å². The smallest absolute Gasteiger partial charge is 0.0547 e. The summed E-state index contributed by atoms with van der Waals surface area (Å²) in [7, 11) is 6.33. The van der Waals surface area contributed by atoms with E-state index in [-0.39, 0.29) is 0 Å². The van der Waals surface area contributed by atoms with Gasteiger partial charge in [0.1, 0.15) is 0 Å². The van der Waals surface area contributed by atoms with Crippen molar-refractivity contribution in [2.45, 2.75) is 19.8 Å². The molecule has 18 heavy (non-hydrogen) atoms. The lowest BCUT2D eigenvalue weighted by atomic mass is 9.86. The highest BCUT2D eigenvalue weighted by molar-refractivity contribution is 4.88. The van der Waals surface area contributed by atoms with E-state index in [9.17, 15) is 0 Å². The molecule has 1 rings (SSSR count). The highest BCUT2D eigenvalue weighted by Crippen LogP contribution is 2.29. The monoisotopic (exact) mass is 257 g/mol. The third-order valence-electron chi connectivity index (χ3n) is 3.82. The Morgan fingerprint density at radius 3 is 2.56 bits per heavy atom. The second-order valence-corrected chi connectivity index (χ2v) is 5.86. The molecule has 1 aliphatic heterocycles. The standard InChI is InChI=1S/C14H31N3O/c1-5-17(9-6-8-16(3)4)12-14(11-15-2)7-10-18-13-14/h15H,5-13H2,1-4H3. The maximum Gasteiger partial charge on any atom is 0.0547 e. The Hall–Kier alpha value is -0.160. The van der Waals surface area contributed by atoms with Crippen LogP contribution in [0, 0.1) is 5.41 Å². The van der Waals surface area contributed by atoms with Crippen molar-refractivity contribution in [1.29, 1.82) is 0 Å². The van der Waals surface area contributed by atoms with Crippen LogP contribution in [0.1, 0.15) is 19.8 Å². The molecule has 1 N–H and O–H groups in total. The summed E-state index contributed by atoms with van der Waals surface area (Å²) in [4.78, 5) is 4.84. The molecule has 0 saturated carbocycles. The van der Waals surface area contributed by atoms with Gasteiger partial charge in [-0.1, -0.05) is 6.92 Å². The van der Waals surface area contributed by atoms with E-state index in [1.807, 2.05) is 7.05 Å². The molecule has 0 amide bonds. The average molecular weight is 257 g/mol. The van der Waals surface area contributed by atoms with E-state index in [0.717, 1.165) is 32.8 Å². The van der Waals surface area contributed by atoms with E-state index in [1.54, 1.807) is 0 Å². The number of hydrogen-bond acceptors (Lipinski definition) is 4. The summed E-state index contributed by atoms with van der Waals surface area (Å²) >= 11 is 0. The molecule has 1 aliphatic rings. The van der Waals surface area contributed by atoms with Gasteiger partial charge in [-0.2, -0.15) is 0 Å². The molecule has 0 aromatic carbocycles. The number of hydrogen-bond donors (Lipinski definition) is 1. The van der Waals surface area contributed by atoms with Crippen molar-refractivity contribution in [1.82, 2.24) is 15.1 Å². The maximum absolute atomic E-state index is 5.63. The van der Waals surface area contributed by atoms with Crippen LogP contribution in [0.5, 0.6) is 0 Å². The Morgan fingerprint density at radius 2 is 2.06 bits per heavy atom. The molecule has 108 valence electrons. The van der Waals surface area contributed by atoms with Gasteiger partial charge in [-0.15, -0.1) is 0 Å². The van der Waals surface area contributed by atoms with Crippen molar-refractivity contribution in [2.24, 2.45) is 5.41 Å². The van der Waals surface area contributed by atoms with E-state index in [4.69, 9.17) is 4.74 Å². The van der Waals surface area contributed by atoms with E-state index in [1.165, 1.54) is 25.9 Å². The van der Waals surface area contributed by atoms with Crippen molar-refractivity contribution >= 4 is 0 Å². The first-order chi connectivity index (χ1) is 8.62. The molecule has 1 saturated heterocycles. The molecule has 4 nitrogen and oxygen atoms in total. The molecule has 0 aromatic heterocycles. The van der Waals surface area contributed by atoms with Gasteiger partial charge in [0.2, 0.25) is 0 Å². The number of ether oxygens (including phenoxy) is 1. The molecule has 0 bridgehead atoms. The van der Waals surface area contributed by atoms with Crippen LogP contribution in [-0.2, 0) is 4.74 Å². The summed E-state index contributed by atoms with van der Waals surface area (Å²) in [5, 5.41) is 3.34. The molecule has 1 atom stereocenters. The number of nitrogens with one attached hydrogen (secondary N) is 1. The van der Waals surface area contributed by atoms with Crippen molar-refractivity contribution in [3.05, 3.63) is 0 Å². The minimum Gasteiger partial charge on any atom is -0.381 e. The first-order valence-corrected chi connectivity index (χ1v) is 7.21. The molecule has 0 aromatic rings. The van der Waals surface area contributed by atoms with Crippen molar-refractivity contribution < 1.29 is 4.74 Å². The molecule has 0 aliphatic carbocycles. The van der Waals surface area contributed by atoms with Crippen LogP contribution in [0.4, 0.5) is 0 Å². The lowest BCUT2D eigenvalue weighted by molar-refractivity contribution is 0.110. The average Bonchev–Trinajstić information content (AvgIpc) is 2.76. The molecule has 1 unspecified atom stereocenters. The zero-order valence-corrected chi connectivity index (χ0v) is 12.7. The van der Waals surface area contributed by atoms with Crippen LogP contribution in [0.2, 0.25) is 0 Å². The minimum atomic E-state index is 0.336. The Balaban J connectivity index is 2.39.